The second-order valence-electron chi connectivity index (χ2n) is 8.33. The van der Waals surface area contributed by atoms with Crippen molar-refractivity contribution in [2.45, 2.75) is 51.6 Å². The van der Waals surface area contributed by atoms with Gasteiger partial charge in [0.1, 0.15) is 11.5 Å². The van der Waals surface area contributed by atoms with Gasteiger partial charge in [-0.25, -0.2) is 9.07 Å². The fourth-order valence-corrected chi connectivity index (χ4v) is 4.39. The topological polar surface area (TPSA) is 50.2 Å². The van der Waals surface area contributed by atoms with Crippen LogP contribution >= 0.6 is 0 Å². The minimum absolute atomic E-state index is 0.243. The predicted octanol–water partition coefficient (Wildman–Crippen LogP) is 5.34. The Morgan fingerprint density at radius 2 is 1.84 bits per heavy atom. The third-order valence-electron chi connectivity index (χ3n) is 6.22. The maximum Gasteiger partial charge on any atom is 0.259 e. The zero-order valence-corrected chi connectivity index (χ0v) is 18.1. The minimum Gasteiger partial charge on any atom is -0.322 e. The molecule has 162 valence electrons. The maximum atomic E-state index is 14.2. The van der Waals surface area contributed by atoms with Crippen molar-refractivity contribution < 1.29 is 9.18 Å². The van der Waals surface area contributed by atoms with Gasteiger partial charge in [0.05, 0.1) is 17.5 Å². The SMILES string of the molecule is Cc1c(C(=O)Nc2ccccc2CN(C)C2CCCCC2)cnn1-c1ccccc1F. The Morgan fingerprint density at radius 1 is 1.13 bits per heavy atom. The molecule has 0 spiro atoms. The van der Waals surface area contributed by atoms with Gasteiger partial charge in [0.2, 0.25) is 0 Å². The molecule has 0 radical (unpaired) electrons. The van der Waals surface area contributed by atoms with Crippen LogP contribution in [0.2, 0.25) is 0 Å². The van der Waals surface area contributed by atoms with E-state index in [2.05, 4.69) is 28.4 Å². The van der Waals surface area contributed by atoms with Gasteiger partial charge in [0, 0.05) is 18.3 Å². The van der Waals surface area contributed by atoms with Crippen LogP contribution in [-0.4, -0.2) is 33.7 Å². The monoisotopic (exact) mass is 420 g/mol. The van der Waals surface area contributed by atoms with E-state index < -0.39 is 0 Å². The van der Waals surface area contributed by atoms with Crippen molar-refractivity contribution in [1.82, 2.24) is 14.7 Å². The van der Waals surface area contributed by atoms with E-state index in [0.29, 0.717) is 23.0 Å². The van der Waals surface area contributed by atoms with Crippen molar-refractivity contribution in [2.24, 2.45) is 0 Å². The van der Waals surface area contributed by atoms with E-state index in [1.54, 1.807) is 25.1 Å². The molecule has 1 fully saturated rings. The number of halogens is 1. The summed E-state index contributed by atoms with van der Waals surface area (Å²) in [6.45, 7) is 2.56. The van der Waals surface area contributed by atoms with Crippen LogP contribution in [0, 0.1) is 12.7 Å². The molecule has 3 aromatic rings. The average Bonchev–Trinajstić information content (AvgIpc) is 3.17. The van der Waals surface area contributed by atoms with Gasteiger partial charge in [-0.1, -0.05) is 49.6 Å². The molecule has 0 unspecified atom stereocenters. The molecule has 1 aromatic heterocycles. The first-order valence-corrected chi connectivity index (χ1v) is 10.9. The lowest BCUT2D eigenvalue weighted by atomic mass is 9.94. The summed E-state index contributed by atoms with van der Waals surface area (Å²) in [5, 5.41) is 7.29. The van der Waals surface area contributed by atoms with Crippen molar-refractivity contribution in [3.8, 4) is 5.69 Å². The summed E-state index contributed by atoms with van der Waals surface area (Å²) in [5.74, 6) is -0.621. The Morgan fingerprint density at radius 3 is 2.61 bits per heavy atom. The Kier molecular flexibility index (Phi) is 6.47. The van der Waals surface area contributed by atoms with Crippen LogP contribution in [0.4, 0.5) is 10.1 Å². The molecule has 0 saturated heterocycles. The highest BCUT2D eigenvalue weighted by Gasteiger charge is 2.21. The van der Waals surface area contributed by atoms with Crippen LogP contribution < -0.4 is 5.32 Å². The normalized spacial score (nSPS) is 14.7. The Bertz CT molecular complexity index is 1060. The summed E-state index contributed by atoms with van der Waals surface area (Å²) in [6.07, 6.45) is 7.88. The summed E-state index contributed by atoms with van der Waals surface area (Å²) in [7, 11) is 2.16. The quantitative estimate of drug-likeness (QED) is 0.586. The summed E-state index contributed by atoms with van der Waals surface area (Å²) >= 11 is 0. The predicted molar refractivity (Wildman–Crippen MR) is 121 cm³/mol. The first-order chi connectivity index (χ1) is 15.0. The molecule has 6 heteroatoms. The standard InChI is InChI=1S/C25H29FN4O/c1-18-21(16-27-30(18)24-15-9-7-13-22(24)26)25(31)28-23-14-8-6-10-19(23)17-29(2)20-11-4-3-5-12-20/h6-10,13-16,20H,3-5,11-12,17H2,1-2H3,(H,28,31). The number of carbonyl (C=O) groups is 1. The van der Waals surface area contributed by atoms with Crippen LogP contribution in [0.5, 0.6) is 0 Å². The molecule has 2 aromatic carbocycles. The molecular formula is C25H29FN4O. The van der Waals surface area contributed by atoms with Crippen molar-refractivity contribution in [2.75, 3.05) is 12.4 Å². The number of anilines is 1. The molecule has 0 atom stereocenters. The van der Waals surface area contributed by atoms with E-state index in [-0.39, 0.29) is 11.7 Å². The number of rotatable bonds is 6. The van der Waals surface area contributed by atoms with Gasteiger partial charge in [-0.15, -0.1) is 0 Å². The molecule has 31 heavy (non-hydrogen) atoms. The van der Waals surface area contributed by atoms with Gasteiger partial charge >= 0.3 is 0 Å². The van der Waals surface area contributed by atoms with Gasteiger partial charge < -0.3 is 5.32 Å². The first-order valence-electron chi connectivity index (χ1n) is 10.9. The van der Waals surface area contributed by atoms with Crippen LogP contribution in [0.1, 0.15) is 53.7 Å². The number of para-hydroxylation sites is 2. The number of carbonyl (C=O) groups excluding carboxylic acids is 1. The lowest BCUT2D eigenvalue weighted by Crippen LogP contribution is -2.33. The highest BCUT2D eigenvalue weighted by atomic mass is 19.1. The number of hydrogen-bond donors (Lipinski definition) is 1. The molecule has 4 rings (SSSR count). The van der Waals surface area contributed by atoms with Crippen LogP contribution in [-0.2, 0) is 6.54 Å². The van der Waals surface area contributed by atoms with Gasteiger partial charge in [0.15, 0.2) is 0 Å². The van der Waals surface area contributed by atoms with Crippen LogP contribution in [0.25, 0.3) is 5.69 Å². The number of benzene rings is 2. The van der Waals surface area contributed by atoms with E-state index in [9.17, 15) is 9.18 Å². The number of amides is 1. The molecule has 1 aliphatic rings. The fourth-order valence-electron chi connectivity index (χ4n) is 4.39. The highest BCUT2D eigenvalue weighted by molar-refractivity contribution is 6.05. The van der Waals surface area contributed by atoms with Gasteiger partial charge in [-0.3, -0.25) is 9.69 Å². The van der Waals surface area contributed by atoms with E-state index >= 15 is 0 Å². The lowest BCUT2D eigenvalue weighted by molar-refractivity contribution is 0.102. The zero-order valence-electron chi connectivity index (χ0n) is 18.1. The molecule has 1 saturated carbocycles. The van der Waals surface area contributed by atoms with Crippen molar-refractivity contribution >= 4 is 11.6 Å². The number of hydrogen-bond acceptors (Lipinski definition) is 3. The van der Waals surface area contributed by atoms with Crippen molar-refractivity contribution in [3.05, 3.63) is 77.4 Å². The maximum absolute atomic E-state index is 14.2. The summed E-state index contributed by atoms with van der Waals surface area (Å²) in [6, 6.07) is 14.9. The van der Waals surface area contributed by atoms with Gasteiger partial charge in [-0.2, -0.15) is 5.10 Å². The van der Waals surface area contributed by atoms with E-state index in [4.69, 9.17) is 0 Å². The summed E-state index contributed by atoms with van der Waals surface area (Å²) < 4.78 is 15.6. The second kappa shape index (κ2) is 9.43. The van der Waals surface area contributed by atoms with Gasteiger partial charge in [-0.05, 0) is 50.6 Å². The zero-order chi connectivity index (χ0) is 21.8. The number of nitrogens with zero attached hydrogens (tertiary/aromatic N) is 3. The van der Waals surface area contributed by atoms with Gasteiger partial charge in [0.25, 0.3) is 5.91 Å². The molecule has 1 amide bonds. The molecule has 0 aliphatic heterocycles. The average molecular weight is 421 g/mol. The molecule has 5 nitrogen and oxygen atoms in total. The Labute approximate surface area is 182 Å². The number of nitrogens with one attached hydrogen (secondary N) is 1. The molecule has 0 bridgehead atoms. The Balaban J connectivity index is 1.51. The smallest absolute Gasteiger partial charge is 0.259 e. The van der Waals surface area contributed by atoms with Crippen LogP contribution in [0.3, 0.4) is 0 Å². The molecule has 1 N–H and O–H groups in total. The third kappa shape index (κ3) is 4.69. The highest BCUT2D eigenvalue weighted by Crippen LogP contribution is 2.25. The third-order valence-corrected chi connectivity index (χ3v) is 6.22. The largest absolute Gasteiger partial charge is 0.322 e. The molecular weight excluding hydrogens is 391 g/mol. The number of aromatic nitrogens is 2. The fraction of sp³-hybridized carbons (Fsp3) is 0.360. The van der Waals surface area contributed by atoms with E-state index in [0.717, 1.165) is 17.8 Å². The van der Waals surface area contributed by atoms with E-state index in [1.807, 2.05) is 18.2 Å². The lowest BCUT2D eigenvalue weighted by Gasteiger charge is -2.31. The summed E-state index contributed by atoms with van der Waals surface area (Å²) in [5.41, 5.74) is 3.24. The second-order valence-corrected chi connectivity index (χ2v) is 8.33. The minimum atomic E-state index is -0.378. The first kappa shape index (κ1) is 21.2. The van der Waals surface area contributed by atoms with Crippen LogP contribution in [0.15, 0.2) is 54.7 Å². The molecule has 1 aliphatic carbocycles. The van der Waals surface area contributed by atoms with Crippen molar-refractivity contribution in [3.63, 3.8) is 0 Å². The van der Waals surface area contributed by atoms with Crippen molar-refractivity contribution in [1.29, 1.82) is 0 Å². The summed E-state index contributed by atoms with van der Waals surface area (Å²) in [4.78, 5) is 15.4. The molecule has 1 heterocycles. The Hall–Kier alpha value is -2.99. The van der Waals surface area contributed by atoms with E-state index in [1.165, 1.54) is 49.0 Å².